The van der Waals surface area contributed by atoms with Gasteiger partial charge in [-0.1, -0.05) is 13.8 Å². The van der Waals surface area contributed by atoms with E-state index in [1.165, 1.54) is 19.2 Å². The van der Waals surface area contributed by atoms with Gasteiger partial charge in [0.15, 0.2) is 0 Å². The fraction of sp³-hybridized carbons (Fsp3) is 0.462. The second-order valence-corrected chi connectivity index (χ2v) is 6.77. The zero-order valence-electron chi connectivity index (χ0n) is 11.9. The number of nitrogens with zero attached hydrogens (tertiary/aromatic N) is 1. The Morgan fingerprint density at radius 2 is 1.85 bits per heavy atom. The van der Waals surface area contributed by atoms with Crippen molar-refractivity contribution in [3.05, 3.63) is 24.3 Å². The van der Waals surface area contributed by atoms with Crippen LogP contribution in [0.15, 0.2) is 29.2 Å². The molecular formula is C13H20N2O4S. The Bertz CT molecular complexity index is 552. The minimum Gasteiger partial charge on any atom is -0.497 e. The largest absolute Gasteiger partial charge is 0.497 e. The average Bonchev–Trinajstić information content (AvgIpc) is 2.37. The summed E-state index contributed by atoms with van der Waals surface area (Å²) in [6.07, 6.45) is 0. The van der Waals surface area contributed by atoms with Crippen LogP contribution in [0, 0.1) is 5.92 Å². The Morgan fingerprint density at radius 3 is 2.25 bits per heavy atom. The second-order valence-electron chi connectivity index (χ2n) is 4.83. The lowest BCUT2D eigenvalue weighted by Gasteiger charge is -2.22. The van der Waals surface area contributed by atoms with E-state index in [4.69, 9.17) is 10.5 Å². The lowest BCUT2D eigenvalue weighted by molar-refractivity contribution is -0.118. The number of primary amides is 1. The Balaban J connectivity index is 3.10. The minimum absolute atomic E-state index is 0.0855. The molecule has 0 heterocycles. The van der Waals surface area contributed by atoms with Crippen LogP contribution in [-0.2, 0) is 14.8 Å². The summed E-state index contributed by atoms with van der Waals surface area (Å²) >= 11 is 0. The van der Waals surface area contributed by atoms with Gasteiger partial charge in [0.25, 0.3) is 0 Å². The van der Waals surface area contributed by atoms with E-state index >= 15 is 0 Å². The van der Waals surface area contributed by atoms with Crippen molar-refractivity contribution in [1.82, 2.24) is 4.31 Å². The van der Waals surface area contributed by atoms with Gasteiger partial charge in [0, 0.05) is 6.54 Å². The van der Waals surface area contributed by atoms with E-state index in [2.05, 4.69) is 0 Å². The maximum atomic E-state index is 12.5. The van der Waals surface area contributed by atoms with Crippen molar-refractivity contribution >= 4 is 15.9 Å². The highest BCUT2D eigenvalue weighted by Gasteiger charge is 2.26. The smallest absolute Gasteiger partial charge is 0.243 e. The van der Waals surface area contributed by atoms with Gasteiger partial charge in [-0.2, -0.15) is 4.31 Å². The quantitative estimate of drug-likeness (QED) is 0.807. The number of ether oxygens (including phenoxy) is 1. The van der Waals surface area contributed by atoms with E-state index in [-0.39, 0.29) is 23.9 Å². The normalized spacial score (nSPS) is 11.8. The van der Waals surface area contributed by atoms with Crippen molar-refractivity contribution < 1.29 is 17.9 Å². The van der Waals surface area contributed by atoms with Crippen molar-refractivity contribution in [3.8, 4) is 5.75 Å². The number of nitrogens with two attached hydrogens (primary N) is 1. The van der Waals surface area contributed by atoms with Crippen LogP contribution in [0.1, 0.15) is 13.8 Å². The molecule has 0 spiro atoms. The molecule has 0 fully saturated rings. The zero-order chi connectivity index (χ0) is 15.3. The molecule has 0 aliphatic rings. The van der Waals surface area contributed by atoms with Crippen molar-refractivity contribution in [2.75, 3.05) is 20.2 Å². The van der Waals surface area contributed by atoms with Crippen molar-refractivity contribution in [1.29, 1.82) is 0 Å². The van der Waals surface area contributed by atoms with Crippen LogP contribution in [0.4, 0.5) is 0 Å². The number of benzene rings is 1. The third-order valence-corrected chi connectivity index (χ3v) is 4.42. The summed E-state index contributed by atoms with van der Waals surface area (Å²) in [4.78, 5) is 11.2. The molecule has 7 heteroatoms. The zero-order valence-corrected chi connectivity index (χ0v) is 12.7. The SMILES string of the molecule is COc1ccc(S(=O)(=O)N(CC(N)=O)CC(C)C)cc1. The number of methoxy groups -OCH3 is 1. The number of hydrogen-bond donors (Lipinski definition) is 1. The summed E-state index contributed by atoms with van der Waals surface area (Å²) in [5.74, 6) is -0.0284. The molecule has 0 aliphatic carbocycles. The molecule has 0 atom stereocenters. The van der Waals surface area contributed by atoms with Crippen LogP contribution in [0.3, 0.4) is 0 Å². The molecule has 1 amide bonds. The molecule has 1 aromatic carbocycles. The highest BCUT2D eigenvalue weighted by Crippen LogP contribution is 2.20. The Kier molecular flexibility index (Phi) is 5.52. The van der Waals surface area contributed by atoms with E-state index in [1.807, 2.05) is 13.8 Å². The fourth-order valence-corrected chi connectivity index (χ4v) is 3.30. The number of rotatable bonds is 7. The van der Waals surface area contributed by atoms with Gasteiger partial charge in [0.2, 0.25) is 15.9 Å². The Morgan fingerprint density at radius 1 is 1.30 bits per heavy atom. The minimum atomic E-state index is -3.74. The van der Waals surface area contributed by atoms with Crippen molar-refractivity contribution in [2.24, 2.45) is 11.7 Å². The summed E-state index contributed by atoms with van der Waals surface area (Å²) in [5.41, 5.74) is 5.12. The van der Waals surface area contributed by atoms with E-state index in [9.17, 15) is 13.2 Å². The molecule has 0 saturated carbocycles. The van der Waals surface area contributed by atoms with Crippen LogP contribution < -0.4 is 10.5 Å². The molecule has 0 saturated heterocycles. The summed E-state index contributed by atoms with van der Waals surface area (Å²) in [6.45, 7) is 3.65. The van der Waals surface area contributed by atoms with Crippen molar-refractivity contribution in [3.63, 3.8) is 0 Å². The van der Waals surface area contributed by atoms with Gasteiger partial charge < -0.3 is 10.5 Å². The lowest BCUT2D eigenvalue weighted by Crippen LogP contribution is -2.40. The second kappa shape index (κ2) is 6.71. The number of hydrogen-bond acceptors (Lipinski definition) is 4. The number of sulfonamides is 1. The number of carbonyl (C=O) groups is 1. The Hall–Kier alpha value is -1.60. The molecular weight excluding hydrogens is 280 g/mol. The highest BCUT2D eigenvalue weighted by atomic mass is 32.2. The van der Waals surface area contributed by atoms with Gasteiger partial charge in [-0.05, 0) is 30.2 Å². The summed E-state index contributed by atoms with van der Waals surface area (Å²) < 4.78 is 31.0. The molecule has 6 nitrogen and oxygen atoms in total. The maximum absolute atomic E-state index is 12.5. The van der Waals surface area contributed by atoms with Gasteiger partial charge in [-0.3, -0.25) is 4.79 Å². The van der Waals surface area contributed by atoms with Gasteiger partial charge in [0.1, 0.15) is 5.75 Å². The first kappa shape index (κ1) is 16.5. The first-order valence-corrected chi connectivity index (χ1v) is 7.64. The molecule has 0 radical (unpaired) electrons. The third kappa shape index (κ3) is 4.21. The molecule has 0 aromatic heterocycles. The number of carbonyl (C=O) groups excluding carboxylic acids is 1. The summed E-state index contributed by atoms with van der Waals surface area (Å²) in [5, 5.41) is 0. The molecule has 112 valence electrons. The van der Waals surface area contributed by atoms with Gasteiger partial charge in [0.05, 0.1) is 18.6 Å². The van der Waals surface area contributed by atoms with E-state index in [1.54, 1.807) is 12.1 Å². The molecule has 0 unspecified atom stereocenters. The van der Waals surface area contributed by atoms with Crippen LogP contribution >= 0.6 is 0 Å². The molecule has 20 heavy (non-hydrogen) atoms. The van der Waals surface area contributed by atoms with Crippen LogP contribution in [-0.4, -0.2) is 38.8 Å². The highest BCUT2D eigenvalue weighted by molar-refractivity contribution is 7.89. The predicted molar refractivity (Wildman–Crippen MR) is 75.8 cm³/mol. The maximum Gasteiger partial charge on any atom is 0.243 e. The predicted octanol–water partition coefficient (Wildman–Crippen LogP) is 0.827. The third-order valence-electron chi connectivity index (χ3n) is 2.60. The van der Waals surface area contributed by atoms with Gasteiger partial charge in [-0.15, -0.1) is 0 Å². The van der Waals surface area contributed by atoms with Crippen molar-refractivity contribution in [2.45, 2.75) is 18.7 Å². The average molecular weight is 300 g/mol. The van der Waals surface area contributed by atoms with Crippen LogP contribution in [0.5, 0.6) is 5.75 Å². The molecule has 2 N–H and O–H groups in total. The van der Waals surface area contributed by atoms with Gasteiger partial charge >= 0.3 is 0 Å². The van der Waals surface area contributed by atoms with E-state index in [0.717, 1.165) is 4.31 Å². The van der Waals surface area contributed by atoms with Crippen LogP contribution in [0.25, 0.3) is 0 Å². The first-order valence-electron chi connectivity index (χ1n) is 6.20. The van der Waals surface area contributed by atoms with Gasteiger partial charge in [-0.25, -0.2) is 8.42 Å². The Labute approximate surface area is 119 Å². The molecule has 0 bridgehead atoms. The summed E-state index contributed by atoms with van der Waals surface area (Å²) in [7, 11) is -2.24. The molecule has 1 rings (SSSR count). The fourth-order valence-electron chi connectivity index (χ4n) is 1.73. The standard InChI is InChI=1S/C13H20N2O4S/c1-10(2)8-15(9-13(14)16)20(17,18)12-6-4-11(19-3)5-7-12/h4-7,10H,8-9H2,1-3H3,(H2,14,16). The topological polar surface area (TPSA) is 89.7 Å². The molecule has 0 aliphatic heterocycles. The van der Waals surface area contributed by atoms with E-state index < -0.39 is 15.9 Å². The van der Waals surface area contributed by atoms with E-state index in [0.29, 0.717) is 5.75 Å². The van der Waals surface area contributed by atoms with Crippen LogP contribution in [0.2, 0.25) is 0 Å². The first-order chi connectivity index (χ1) is 9.27. The summed E-state index contributed by atoms with van der Waals surface area (Å²) in [6, 6.07) is 6.01. The number of amides is 1. The lowest BCUT2D eigenvalue weighted by atomic mass is 10.2. The molecule has 1 aromatic rings. The monoisotopic (exact) mass is 300 g/mol.